The second kappa shape index (κ2) is 6.36. The average Bonchev–Trinajstić information content (AvgIpc) is 2.83. The third-order valence-corrected chi connectivity index (χ3v) is 2.58. The molecular formula is C11H18N2O4. The van der Waals surface area contributed by atoms with Crippen LogP contribution >= 0.6 is 0 Å². The van der Waals surface area contributed by atoms with Crippen LogP contribution in [0.15, 0.2) is 11.8 Å². The minimum Gasteiger partial charge on any atom is -0.394 e. The summed E-state index contributed by atoms with van der Waals surface area (Å²) in [6.45, 7) is 1.55. The molecule has 2 N–H and O–H groups in total. The Morgan fingerprint density at radius 1 is 1.59 bits per heavy atom. The van der Waals surface area contributed by atoms with E-state index in [1.54, 1.807) is 6.92 Å². The van der Waals surface area contributed by atoms with E-state index in [1.807, 2.05) is 0 Å². The zero-order valence-electron chi connectivity index (χ0n) is 10.0. The molecular weight excluding hydrogens is 224 g/mol. The summed E-state index contributed by atoms with van der Waals surface area (Å²) in [6, 6.07) is -0.338. The Morgan fingerprint density at radius 2 is 2.29 bits per heavy atom. The number of urea groups is 1. The number of ether oxygens (including phenoxy) is 1. The fourth-order valence-electron chi connectivity index (χ4n) is 1.68. The molecule has 0 aromatic heterocycles. The van der Waals surface area contributed by atoms with Crippen LogP contribution in [0.3, 0.4) is 0 Å². The van der Waals surface area contributed by atoms with E-state index in [2.05, 4.69) is 5.32 Å². The molecule has 1 fully saturated rings. The third-order valence-electron chi connectivity index (χ3n) is 2.58. The third kappa shape index (κ3) is 3.54. The molecule has 0 radical (unpaired) electrons. The van der Waals surface area contributed by atoms with Crippen LogP contribution in [0, 0.1) is 0 Å². The highest BCUT2D eigenvalue weighted by Crippen LogP contribution is 2.23. The largest absolute Gasteiger partial charge is 0.394 e. The minimum atomic E-state index is -0.429. The number of aliphatic hydroxyl groups excluding tert-OH is 1. The summed E-state index contributed by atoms with van der Waals surface area (Å²) in [4.78, 5) is 23.6. The van der Waals surface area contributed by atoms with Crippen molar-refractivity contribution in [3.63, 3.8) is 0 Å². The van der Waals surface area contributed by atoms with Crippen molar-refractivity contribution in [2.75, 3.05) is 13.7 Å². The van der Waals surface area contributed by atoms with Crippen molar-refractivity contribution >= 4 is 12.3 Å². The molecule has 6 heteroatoms. The highest BCUT2D eigenvalue weighted by molar-refractivity contribution is 5.78. The molecule has 0 spiro atoms. The number of hydrogen-bond acceptors (Lipinski definition) is 4. The number of allylic oxidation sites excluding steroid dienone is 1. The van der Waals surface area contributed by atoms with Gasteiger partial charge >= 0.3 is 6.03 Å². The number of aliphatic hydroxyl groups is 1. The average molecular weight is 242 g/mol. The lowest BCUT2D eigenvalue weighted by molar-refractivity contribution is -0.105. The summed E-state index contributed by atoms with van der Waals surface area (Å²) < 4.78 is 5.50. The van der Waals surface area contributed by atoms with Gasteiger partial charge in [-0.05, 0) is 19.8 Å². The summed E-state index contributed by atoms with van der Waals surface area (Å²) in [5.74, 6) is 0. The number of rotatable bonds is 4. The predicted octanol–water partition coefficient (Wildman–Crippen LogP) is 0.228. The number of hydrogen-bond donors (Lipinski definition) is 2. The molecule has 0 aromatic carbocycles. The maximum atomic E-state index is 11.7. The van der Waals surface area contributed by atoms with Gasteiger partial charge in [0, 0.05) is 18.8 Å². The first-order chi connectivity index (χ1) is 8.12. The SMILES string of the molecule is CNC(=O)N(/C=C(/C)C=O)[C@H]1CC[C@@H](CO)O1. The maximum absolute atomic E-state index is 11.7. The zero-order chi connectivity index (χ0) is 12.8. The van der Waals surface area contributed by atoms with E-state index in [9.17, 15) is 9.59 Å². The molecule has 1 heterocycles. The van der Waals surface area contributed by atoms with Crippen molar-refractivity contribution < 1.29 is 19.4 Å². The molecule has 1 rings (SSSR count). The lowest BCUT2D eigenvalue weighted by atomic mass is 10.2. The Hall–Kier alpha value is -1.40. The van der Waals surface area contributed by atoms with Gasteiger partial charge in [0.1, 0.15) is 12.5 Å². The molecule has 6 nitrogen and oxygen atoms in total. The standard InChI is InChI=1S/C11H18N2O4/c1-8(6-14)5-13(11(16)12-2)10-4-3-9(7-15)17-10/h5-6,9-10,15H,3-4,7H2,1-2H3,(H,12,16)/b8-5-/t9-,10+/m0/s1. The van der Waals surface area contributed by atoms with Gasteiger partial charge in [0.2, 0.25) is 0 Å². The summed E-state index contributed by atoms with van der Waals surface area (Å²) in [7, 11) is 1.51. The van der Waals surface area contributed by atoms with Gasteiger partial charge in [-0.2, -0.15) is 0 Å². The van der Waals surface area contributed by atoms with Gasteiger partial charge in [0.05, 0.1) is 12.7 Å². The molecule has 0 aliphatic carbocycles. The van der Waals surface area contributed by atoms with Crippen LogP contribution in [0.5, 0.6) is 0 Å². The molecule has 0 bridgehead atoms. The highest BCUT2D eigenvalue weighted by atomic mass is 16.5. The van der Waals surface area contributed by atoms with Crippen LogP contribution in [-0.2, 0) is 9.53 Å². The topological polar surface area (TPSA) is 78.9 Å². The van der Waals surface area contributed by atoms with Crippen molar-refractivity contribution in [3.05, 3.63) is 11.8 Å². The van der Waals surface area contributed by atoms with E-state index >= 15 is 0 Å². The Kier molecular flexibility index (Phi) is 5.11. The van der Waals surface area contributed by atoms with Crippen LogP contribution in [0.2, 0.25) is 0 Å². The molecule has 1 aliphatic rings. The molecule has 17 heavy (non-hydrogen) atoms. The Labute approximate surface area is 100 Å². The molecule has 1 aliphatic heterocycles. The van der Waals surface area contributed by atoms with Crippen LogP contribution < -0.4 is 5.32 Å². The van der Waals surface area contributed by atoms with E-state index in [-0.39, 0.29) is 18.7 Å². The summed E-state index contributed by atoms with van der Waals surface area (Å²) in [6.07, 6.45) is 2.80. The second-order valence-corrected chi connectivity index (χ2v) is 3.93. The maximum Gasteiger partial charge on any atom is 0.323 e. The highest BCUT2D eigenvalue weighted by Gasteiger charge is 2.31. The first kappa shape index (κ1) is 13.7. The quantitative estimate of drug-likeness (QED) is 0.546. The van der Waals surface area contributed by atoms with E-state index in [4.69, 9.17) is 9.84 Å². The van der Waals surface area contributed by atoms with Crippen molar-refractivity contribution in [1.29, 1.82) is 0 Å². The van der Waals surface area contributed by atoms with Crippen molar-refractivity contribution in [2.24, 2.45) is 0 Å². The smallest absolute Gasteiger partial charge is 0.323 e. The minimum absolute atomic E-state index is 0.0611. The first-order valence-electron chi connectivity index (χ1n) is 5.52. The molecule has 0 unspecified atom stereocenters. The van der Waals surface area contributed by atoms with Gasteiger partial charge in [0.15, 0.2) is 0 Å². The van der Waals surface area contributed by atoms with Crippen molar-refractivity contribution in [3.8, 4) is 0 Å². The molecule has 1 saturated heterocycles. The number of nitrogens with zero attached hydrogens (tertiary/aromatic N) is 1. The Balaban J connectivity index is 2.77. The normalized spacial score (nSPS) is 24.5. The van der Waals surface area contributed by atoms with E-state index in [1.165, 1.54) is 18.1 Å². The van der Waals surface area contributed by atoms with Gasteiger partial charge in [0.25, 0.3) is 0 Å². The predicted molar refractivity (Wildman–Crippen MR) is 61.1 cm³/mol. The van der Waals surface area contributed by atoms with Crippen LogP contribution in [0.4, 0.5) is 4.79 Å². The lowest BCUT2D eigenvalue weighted by Crippen LogP contribution is -2.42. The number of carbonyl (C=O) groups excluding carboxylic acids is 2. The summed E-state index contributed by atoms with van der Waals surface area (Å²) in [5.41, 5.74) is 0.435. The van der Waals surface area contributed by atoms with Crippen LogP contribution in [0.1, 0.15) is 19.8 Å². The van der Waals surface area contributed by atoms with Gasteiger partial charge in [-0.15, -0.1) is 0 Å². The fraction of sp³-hybridized carbons (Fsp3) is 0.636. The number of nitrogens with one attached hydrogen (secondary N) is 1. The molecule has 0 saturated carbocycles. The molecule has 96 valence electrons. The molecule has 2 atom stereocenters. The van der Waals surface area contributed by atoms with Crippen molar-refractivity contribution in [2.45, 2.75) is 32.1 Å². The number of aldehydes is 1. The Morgan fingerprint density at radius 3 is 2.76 bits per heavy atom. The van der Waals surface area contributed by atoms with Crippen molar-refractivity contribution in [1.82, 2.24) is 10.2 Å². The van der Waals surface area contributed by atoms with Gasteiger partial charge in [-0.3, -0.25) is 9.69 Å². The van der Waals surface area contributed by atoms with Gasteiger partial charge in [-0.25, -0.2) is 4.79 Å². The number of amides is 2. The summed E-state index contributed by atoms with van der Waals surface area (Å²) >= 11 is 0. The van der Waals surface area contributed by atoms with Crippen LogP contribution in [0.25, 0.3) is 0 Å². The first-order valence-corrected chi connectivity index (χ1v) is 5.52. The molecule has 2 amide bonds. The lowest BCUT2D eigenvalue weighted by Gasteiger charge is -2.25. The Bertz CT molecular complexity index is 317. The summed E-state index contributed by atoms with van der Waals surface area (Å²) in [5, 5.41) is 11.5. The van der Waals surface area contributed by atoms with E-state index in [0.717, 1.165) is 0 Å². The fourth-order valence-corrected chi connectivity index (χ4v) is 1.68. The number of carbonyl (C=O) groups is 2. The van der Waals surface area contributed by atoms with E-state index in [0.29, 0.717) is 24.7 Å². The second-order valence-electron chi connectivity index (χ2n) is 3.93. The van der Waals surface area contributed by atoms with E-state index < -0.39 is 6.23 Å². The van der Waals surface area contributed by atoms with Crippen LogP contribution in [-0.4, -0.2) is 48.3 Å². The zero-order valence-corrected chi connectivity index (χ0v) is 10.0. The van der Waals surface area contributed by atoms with Gasteiger partial charge < -0.3 is 15.2 Å². The monoisotopic (exact) mass is 242 g/mol. The molecule has 0 aromatic rings. The van der Waals surface area contributed by atoms with Gasteiger partial charge in [-0.1, -0.05) is 0 Å².